The van der Waals surface area contributed by atoms with Crippen LogP contribution >= 0.6 is 0 Å². The third-order valence-electron chi connectivity index (χ3n) is 0. The maximum absolute atomic E-state index is 9.32. The van der Waals surface area contributed by atoms with Gasteiger partial charge in [0.1, 0.15) is 0 Å². The van der Waals surface area contributed by atoms with Gasteiger partial charge in [0.2, 0.25) is 0 Å². The summed E-state index contributed by atoms with van der Waals surface area (Å²) in [6.07, 6.45) is 0. The van der Waals surface area contributed by atoms with Crippen LogP contribution in [-0.4, -0.2) is 11.1 Å². The van der Waals surface area contributed by atoms with Gasteiger partial charge in [-0.15, -0.1) is 0 Å². The first-order valence-corrected chi connectivity index (χ1v) is 0.716. The van der Waals surface area contributed by atoms with Crippen LogP contribution in [0.3, 0.4) is 0 Å². The Labute approximate surface area is 26.9 Å². The molecule has 0 rings (SSSR count). The number of rotatable bonds is 0. The van der Waals surface area contributed by atoms with Crippen molar-refractivity contribution in [3.8, 4) is 0 Å². The third-order valence-corrected chi connectivity index (χ3v) is 0. The van der Waals surface area contributed by atoms with Gasteiger partial charge in [-0.25, -0.2) is 0 Å². The van der Waals surface area contributed by atoms with Gasteiger partial charge in [-0.2, -0.15) is 0 Å². The highest BCUT2D eigenvalue weighted by atomic mass is 16.4. The molecule has 2 nitrogen and oxygen atoms in total. The van der Waals surface area contributed by atoms with E-state index in [1.807, 2.05) is 0 Å². The molecule has 0 heterocycles. The van der Waals surface area contributed by atoms with E-state index in [2.05, 4.69) is 0 Å². The fourth-order valence-corrected chi connectivity index (χ4v) is 0. The Kier molecular flexibility index (Phi) is 0.232. The maximum Gasteiger partial charge on any atom is 0.300 e. The summed E-state index contributed by atoms with van der Waals surface area (Å²) < 4.78 is 12.2. The lowest BCUT2D eigenvalue weighted by molar-refractivity contribution is -0.134. The summed E-state index contributed by atoms with van der Waals surface area (Å²) in [5, 5.41) is 7.62. The van der Waals surface area contributed by atoms with E-state index in [9.17, 15) is 4.79 Å². The SMILES string of the molecule is [2H]C([3H])C(=O)O. The second-order valence-electron chi connectivity index (χ2n) is 0.338. The monoisotopic (exact) mass is 63.0 g/mol. The minimum atomic E-state index is -1.73. The first kappa shape index (κ1) is 1.06. The minimum Gasteiger partial charge on any atom is -0.481 e. The summed E-state index contributed by atoms with van der Waals surface area (Å²) in [4.78, 5) is 9.32. The standard InChI is InChI=1S/C2H4O2/c1-2(3)4/h1H3,(H,3,4)/i1TD. The molecule has 0 saturated heterocycles. The molecule has 0 aliphatic heterocycles. The van der Waals surface area contributed by atoms with E-state index in [-0.39, 0.29) is 0 Å². The Morgan fingerprint density at radius 1 is 3.00 bits per heavy atom. The van der Waals surface area contributed by atoms with E-state index < -0.39 is 12.8 Å². The zero-order chi connectivity index (χ0) is 5.15. The number of hydrogen-bond donors (Lipinski definition) is 1. The fourth-order valence-electron chi connectivity index (χ4n) is 0. The van der Waals surface area contributed by atoms with Crippen molar-refractivity contribution in [3.63, 3.8) is 0 Å². The summed E-state index contributed by atoms with van der Waals surface area (Å²) in [5.74, 6) is -1.41. The molecule has 0 fully saturated rings. The summed E-state index contributed by atoms with van der Waals surface area (Å²) in [5.41, 5.74) is 0. The molecule has 0 saturated carbocycles. The van der Waals surface area contributed by atoms with Crippen LogP contribution in [0.2, 0.25) is 0 Å². The van der Waals surface area contributed by atoms with Crippen molar-refractivity contribution in [3.05, 3.63) is 0 Å². The average molecular weight is 63.1 g/mol. The highest BCUT2D eigenvalue weighted by Gasteiger charge is 1.65. The fraction of sp³-hybridized carbons (Fsp3) is 0.500. The molecule has 4 heavy (non-hydrogen) atoms. The van der Waals surface area contributed by atoms with E-state index in [1.54, 1.807) is 0 Å². The van der Waals surface area contributed by atoms with E-state index in [0.29, 0.717) is 0 Å². The molecule has 0 bridgehead atoms. The highest BCUT2D eigenvalue weighted by molar-refractivity contribution is 5.62. The average Bonchev–Trinajstić information content (AvgIpc) is 1.36. The first-order valence-electron chi connectivity index (χ1n) is 1.87. The molecule has 0 aromatic heterocycles. The Balaban J connectivity index is 3.26. The summed E-state index contributed by atoms with van der Waals surface area (Å²) in [6.45, 7) is -1.73. The van der Waals surface area contributed by atoms with Crippen molar-refractivity contribution in [2.75, 3.05) is 0 Å². The largest absolute Gasteiger partial charge is 0.481 e. The van der Waals surface area contributed by atoms with E-state index in [4.69, 9.17) is 7.85 Å². The summed E-state index contributed by atoms with van der Waals surface area (Å²) in [7, 11) is 0. The number of carbonyl (C=O) groups is 1. The van der Waals surface area contributed by atoms with Crippen LogP contribution in [0.15, 0.2) is 0 Å². The van der Waals surface area contributed by atoms with E-state index in [1.165, 1.54) is 0 Å². The van der Waals surface area contributed by atoms with Crippen molar-refractivity contribution in [1.29, 1.82) is 0 Å². The number of carboxylic acid groups (broad SMARTS) is 1. The van der Waals surface area contributed by atoms with Crippen LogP contribution in [0.4, 0.5) is 0 Å². The van der Waals surface area contributed by atoms with Crippen LogP contribution in [0.5, 0.6) is 0 Å². The second-order valence-corrected chi connectivity index (χ2v) is 0.338. The van der Waals surface area contributed by atoms with Gasteiger partial charge in [0, 0.05) is 9.62 Å². The molecular formula is C2H4O2. The van der Waals surface area contributed by atoms with E-state index >= 15 is 0 Å². The molecule has 0 aliphatic carbocycles. The Morgan fingerprint density at radius 2 is 3.25 bits per heavy atom. The normalized spacial score (nSPS) is 21.0. The van der Waals surface area contributed by atoms with Crippen molar-refractivity contribution in [1.82, 2.24) is 0 Å². The molecule has 1 N–H and O–H groups in total. The summed E-state index contributed by atoms with van der Waals surface area (Å²) in [6, 6.07) is 0. The number of hydrogen-bond acceptors (Lipinski definition) is 1. The van der Waals surface area contributed by atoms with Crippen LogP contribution in [0.1, 0.15) is 9.62 Å². The lowest BCUT2D eigenvalue weighted by Crippen LogP contribution is -1.78. The molecule has 1 unspecified atom stereocenters. The third kappa shape index (κ3) is 1.16. The maximum atomic E-state index is 9.32. The van der Waals surface area contributed by atoms with Gasteiger partial charge in [-0.1, -0.05) is 0 Å². The van der Waals surface area contributed by atoms with Crippen molar-refractivity contribution in [2.45, 2.75) is 6.88 Å². The Morgan fingerprint density at radius 3 is 3.25 bits per heavy atom. The molecule has 0 aromatic carbocycles. The van der Waals surface area contributed by atoms with Crippen LogP contribution in [0, 0.1) is 0 Å². The molecular weight excluding hydrogens is 56.0 g/mol. The number of carboxylic acids is 1. The predicted octanol–water partition coefficient (Wildman–Crippen LogP) is 0.0909. The van der Waals surface area contributed by atoms with Gasteiger partial charge >= 0.3 is 0 Å². The Hall–Kier alpha value is -0.530. The van der Waals surface area contributed by atoms with Gasteiger partial charge in [0.05, 0.1) is 0 Å². The second kappa shape index (κ2) is 0.875. The zero-order valence-corrected chi connectivity index (χ0v) is 1.93. The van der Waals surface area contributed by atoms with Gasteiger partial charge in [-0.3, -0.25) is 4.79 Å². The van der Waals surface area contributed by atoms with Crippen LogP contribution < -0.4 is 0 Å². The van der Waals surface area contributed by atoms with E-state index in [0.717, 1.165) is 0 Å². The smallest absolute Gasteiger partial charge is 0.300 e. The first-order chi connectivity index (χ1) is 2.64. The minimum absolute atomic E-state index is 1.41. The van der Waals surface area contributed by atoms with Crippen molar-refractivity contribution >= 4 is 5.97 Å². The quantitative estimate of drug-likeness (QED) is 0.432. The number of aliphatic carboxylic acids is 1. The molecule has 0 spiro atoms. The van der Waals surface area contributed by atoms with Crippen LogP contribution in [-0.2, 0) is 4.79 Å². The zero-order valence-electron chi connectivity index (χ0n) is 3.93. The van der Waals surface area contributed by atoms with Gasteiger partial charge in [-0.05, 0) is 0 Å². The molecule has 0 aliphatic rings. The van der Waals surface area contributed by atoms with Gasteiger partial charge < -0.3 is 5.11 Å². The lowest BCUT2D eigenvalue weighted by atomic mass is 10.9. The molecule has 0 aromatic rings. The topological polar surface area (TPSA) is 37.3 Å². The molecule has 2 heteroatoms. The van der Waals surface area contributed by atoms with Crippen molar-refractivity contribution in [2.24, 2.45) is 0 Å². The summed E-state index contributed by atoms with van der Waals surface area (Å²) >= 11 is 0. The molecule has 24 valence electrons. The Bertz CT molecular complexity index is 60.6. The molecule has 0 amide bonds. The molecule has 1 atom stereocenters. The highest BCUT2D eigenvalue weighted by Crippen LogP contribution is 1.42. The lowest BCUT2D eigenvalue weighted by Gasteiger charge is -1.59. The van der Waals surface area contributed by atoms with Crippen molar-refractivity contribution < 1.29 is 12.6 Å². The van der Waals surface area contributed by atoms with Crippen LogP contribution in [0.25, 0.3) is 0 Å². The molecule has 0 radical (unpaired) electrons. The predicted molar refractivity (Wildman–Crippen MR) is 13.3 cm³/mol. The van der Waals surface area contributed by atoms with Gasteiger partial charge in [0.15, 0.2) is 0 Å². The van der Waals surface area contributed by atoms with Gasteiger partial charge in [0.25, 0.3) is 5.97 Å².